The molecule has 0 aromatic heterocycles. The van der Waals surface area contributed by atoms with Gasteiger partial charge in [-0.05, 0) is 25.7 Å². The Morgan fingerprint density at radius 2 is 0.619 bits per heavy atom. The third-order valence-electron chi connectivity index (χ3n) is 1.10. The zero-order valence-electron chi connectivity index (χ0n) is 14.8. The first-order chi connectivity index (χ1) is 9.57. The average Bonchev–Trinajstić information content (AvgIpc) is 2.55. The topological polar surface area (TPSA) is 104 Å². The van der Waals surface area contributed by atoms with Crippen molar-refractivity contribution in [3.63, 3.8) is 0 Å². The summed E-state index contributed by atoms with van der Waals surface area (Å²) >= 11 is 0. The second-order valence-corrected chi connectivity index (χ2v) is 3.60. The second-order valence-electron chi connectivity index (χ2n) is 3.60. The number of rotatable bonds is 5. The molecule has 0 aliphatic rings. The van der Waals surface area contributed by atoms with Gasteiger partial charge in [-0.2, -0.15) is 0 Å². The third-order valence-corrected chi connectivity index (χ3v) is 1.10. The van der Waals surface area contributed by atoms with Gasteiger partial charge in [0.05, 0.1) is 0 Å². The van der Waals surface area contributed by atoms with E-state index in [1.807, 2.05) is 34.6 Å². The summed E-state index contributed by atoms with van der Waals surface area (Å²) in [5.41, 5.74) is 0. The van der Waals surface area contributed by atoms with Crippen LogP contribution >= 0.6 is 0 Å². The third kappa shape index (κ3) is 224. The Labute approximate surface area is 151 Å². The van der Waals surface area contributed by atoms with Gasteiger partial charge in [0.25, 0.3) is 0 Å². The molecule has 0 saturated carbocycles. The molecule has 0 rings (SSSR count). The molecule has 0 spiro atoms. The Morgan fingerprint density at radius 1 is 0.524 bits per heavy atom. The summed E-state index contributed by atoms with van der Waals surface area (Å²) in [6.45, 7) is 10.9. The SMILES string of the molecule is CCCO.CCCO.CCCO.CCCO.CCC[O-].[Zr]. The minimum Gasteiger partial charge on any atom is -0.854 e. The molecule has 21 heavy (non-hydrogen) atoms. The standard InChI is InChI=1S/4C3H8O.C3H7O.Zr/c5*1-2-3-4;/h4*4H,2-3H2,1H3;2-3H2,1H3;/q;;;;-1;. The molecule has 0 unspecified atom stereocenters. The average molecular weight is 391 g/mol. The molecule has 0 bridgehead atoms. The van der Waals surface area contributed by atoms with E-state index in [2.05, 4.69) is 0 Å². The predicted octanol–water partition coefficient (Wildman–Crippen LogP) is 1.31. The van der Waals surface area contributed by atoms with E-state index in [-0.39, 0.29) is 32.8 Å². The van der Waals surface area contributed by atoms with Crippen molar-refractivity contribution in [3.05, 3.63) is 0 Å². The number of aliphatic hydroxyl groups is 4. The van der Waals surface area contributed by atoms with Gasteiger partial charge in [0.2, 0.25) is 0 Å². The maximum atomic E-state index is 9.30. The van der Waals surface area contributed by atoms with Crippen LogP contribution < -0.4 is 5.11 Å². The van der Waals surface area contributed by atoms with E-state index < -0.39 is 0 Å². The van der Waals surface area contributed by atoms with Crippen molar-refractivity contribution in [1.29, 1.82) is 0 Å². The fourth-order valence-corrected chi connectivity index (χ4v) is 0. The van der Waals surface area contributed by atoms with Gasteiger partial charge in [0.1, 0.15) is 0 Å². The van der Waals surface area contributed by atoms with Crippen LogP contribution in [0.25, 0.3) is 0 Å². The van der Waals surface area contributed by atoms with Crippen molar-refractivity contribution in [2.24, 2.45) is 0 Å². The predicted molar refractivity (Wildman–Crippen MR) is 84.7 cm³/mol. The summed E-state index contributed by atoms with van der Waals surface area (Å²) in [4.78, 5) is 0. The van der Waals surface area contributed by atoms with Crippen LogP contribution in [0.2, 0.25) is 0 Å². The van der Waals surface area contributed by atoms with Gasteiger partial charge < -0.3 is 25.5 Å². The summed E-state index contributed by atoms with van der Waals surface area (Å²) in [6.07, 6.45) is 4.26. The summed E-state index contributed by atoms with van der Waals surface area (Å²) < 4.78 is 0. The molecule has 0 atom stereocenters. The Balaban J connectivity index is -0.0000000331. The zero-order valence-corrected chi connectivity index (χ0v) is 17.2. The molecule has 0 amide bonds. The van der Waals surface area contributed by atoms with Crippen LogP contribution in [-0.4, -0.2) is 53.5 Å². The maximum Gasteiger partial charge on any atom is 0.0428 e. The molecule has 0 aromatic rings. The summed E-state index contributed by atoms with van der Waals surface area (Å²) in [7, 11) is 0. The smallest absolute Gasteiger partial charge is 0.0428 e. The molecule has 0 aliphatic carbocycles. The van der Waals surface area contributed by atoms with Gasteiger partial charge in [-0.1, -0.05) is 41.0 Å². The first-order valence-electron chi connectivity index (χ1n) is 7.59. The van der Waals surface area contributed by atoms with Crippen LogP contribution in [0.1, 0.15) is 66.7 Å². The molecule has 134 valence electrons. The zero-order chi connectivity index (χ0) is 17.1. The van der Waals surface area contributed by atoms with Gasteiger partial charge in [-0.25, -0.2) is 0 Å². The van der Waals surface area contributed by atoms with Crippen molar-refractivity contribution in [1.82, 2.24) is 0 Å². The van der Waals surface area contributed by atoms with Crippen molar-refractivity contribution in [2.45, 2.75) is 66.7 Å². The van der Waals surface area contributed by atoms with Gasteiger partial charge in [-0.15, -0.1) is 6.61 Å². The quantitative estimate of drug-likeness (QED) is 0.566. The Bertz CT molecular complexity index is 55.2. The Morgan fingerprint density at radius 3 is 0.619 bits per heavy atom. The molecule has 6 heteroatoms. The molecule has 5 nitrogen and oxygen atoms in total. The minimum atomic E-state index is 0. The van der Waals surface area contributed by atoms with Gasteiger partial charge >= 0.3 is 0 Å². The van der Waals surface area contributed by atoms with Crippen molar-refractivity contribution in [2.75, 3.05) is 33.0 Å². The number of hydrogen-bond donors (Lipinski definition) is 4. The second kappa shape index (κ2) is 70.2. The van der Waals surface area contributed by atoms with Crippen molar-refractivity contribution >= 4 is 0 Å². The van der Waals surface area contributed by atoms with E-state index in [4.69, 9.17) is 20.4 Å². The summed E-state index contributed by atoms with van der Waals surface area (Å²) in [5, 5.41) is 40.8. The van der Waals surface area contributed by atoms with E-state index in [1.54, 1.807) is 0 Å². The van der Waals surface area contributed by atoms with Crippen LogP contribution in [0, 0.1) is 0 Å². The minimum absolute atomic E-state index is 0. The maximum absolute atomic E-state index is 9.30. The summed E-state index contributed by atoms with van der Waals surface area (Å²) in [5.74, 6) is 0. The summed E-state index contributed by atoms with van der Waals surface area (Å²) in [6, 6.07) is 0. The van der Waals surface area contributed by atoms with E-state index in [1.165, 1.54) is 0 Å². The normalized spacial score (nSPS) is 7.14. The number of aliphatic hydroxyl groups excluding tert-OH is 4. The fourth-order valence-electron chi connectivity index (χ4n) is 0. The molecule has 0 aromatic carbocycles. The van der Waals surface area contributed by atoms with Crippen molar-refractivity contribution in [3.8, 4) is 0 Å². The van der Waals surface area contributed by atoms with Crippen molar-refractivity contribution < 1.29 is 51.7 Å². The van der Waals surface area contributed by atoms with Crippen LogP contribution in [0.15, 0.2) is 0 Å². The molecule has 0 aliphatic heterocycles. The first kappa shape index (κ1) is 37.7. The van der Waals surface area contributed by atoms with Gasteiger partial charge in [-0.3, -0.25) is 0 Å². The number of hydrogen-bond acceptors (Lipinski definition) is 5. The van der Waals surface area contributed by atoms with E-state index >= 15 is 0 Å². The van der Waals surface area contributed by atoms with Gasteiger partial charge in [0.15, 0.2) is 0 Å². The molecule has 0 heterocycles. The molecule has 0 saturated heterocycles. The Kier molecular flexibility index (Phi) is 126. The molecular weight excluding hydrogens is 351 g/mol. The van der Waals surface area contributed by atoms with Crippen LogP contribution in [-0.2, 0) is 26.2 Å². The van der Waals surface area contributed by atoms with Gasteiger partial charge in [0, 0.05) is 52.6 Å². The van der Waals surface area contributed by atoms with E-state index in [0.717, 1.165) is 32.1 Å². The van der Waals surface area contributed by atoms with Crippen LogP contribution in [0.3, 0.4) is 0 Å². The largest absolute Gasteiger partial charge is 0.854 e. The first-order valence-corrected chi connectivity index (χ1v) is 7.59. The van der Waals surface area contributed by atoms with Crippen LogP contribution in [0.4, 0.5) is 0 Å². The Hall–Kier alpha value is 0.683. The van der Waals surface area contributed by atoms with E-state index in [9.17, 15) is 5.11 Å². The molecule has 0 fully saturated rings. The fraction of sp³-hybridized carbons (Fsp3) is 1.00. The van der Waals surface area contributed by atoms with E-state index in [0.29, 0.717) is 26.4 Å². The monoisotopic (exact) mass is 389 g/mol. The molecular formula is C15H39O5Zr-. The van der Waals surface area contributed by atoms with Crippen LogP contribution in [0.5, 0.6) is 0 Å². The molecule has 0 radical (unpaired) electrons. The molecule has 4 N–H and O–H groups in total.